The van der Waals surface area contributed by atoms with Crippen LogP contribution in [0.15, 0.2) is 24.5 Å². The van der Waals surface area contributed by atoms with Crippen LogP contribution in [0.3, 0.4) is 0 Å². The van der Waals surface area contributed by atoms with E-state index in [2.05, 4.69) is 6.92 Å². The highest BCUT2D eigenvalue weighted by Gasteiger charge is 2.21. The molecule has 0 aromatic heterocycles. The first kappa shape index (κ1) is 13.3. The van der Waals surface area contributed by atoms with Crippen LogP contribution in [0.5, 0.6) is 0 Å². The minimum absolute atomic E-state index is 0.320. The van der Waals surface area contributed by atoms with Crippen LogP contribution in [-0.2, 0) is 0 Å². The van der Waals surface area contributed by atoms with Crippen LogP contribution in [0, 0.1) is 11.7 Å². The first-order valence-electron chi connectivity index (χ1n) is 6.80. The van der Waals surface area contributed by atoms with E-state index < -0.39 is 0 Å². The smallest absolute Gasteiger partial charge is 0.130 e. The van der Waals surface area contributed by atoms with Crippen molar-refractivity contribution in [2.45, 2.75) is 44.9 Å². The van der Waals surface area contributed by atoms with Gasteiger partial charge in [0.2, 0.25) is 0 Å². The summed E-state index contributed by atoms with van der Waals surface area (Å²) < 4.78 is 25.8. The molecule has 0 radical (unpaired) electrons. The van der Waals surface area contributed by atoms with Gasteiger partial charge in [-0.15, -0.1) is 0 Å². The van der Waals surface area contributed by atoms with Crippen LogP contribution in [0.2, 0.25) is 0 Å². The molecule has 18 heavy (non-hydrogen) atoms. The maximum Gasteiger partial charge on any atom is 0.130 e. The summed E-state index contributed by atoms with van der Waals surface area (Å²) in [6.45, 7) is 2.24. The van der Waals surface area contributed by atoms with Gasteiger partial charge < -0.3 is 0 Å². The minimum Gasteiger partial charge on any atom is -0.216 e. The van der Waals surface area contributed by atoms with Gasteiger partial charge in [-0.1, -0.05) is 25.5 Å². The van der Waals surface area contributed by atoms with Gasteiger partial charge in [-0.05, 0) is 55.2 Å². The van der Waals surface area contributed by atoms with E-state index in [0.717, 1.165) is 30.4 Å². The highest BCUT2D eigenvalue weighted by atomic mass is 19.1. The van der Waals surface area contributed by atoms with Gasteiger partial charge in [0.1, 0.15) is 5.82 Å². The number of halogens is 2. The molecule has 0 aliphatic heterocycles. The molecule has 0 N–H and O–H groups in total. The zero-order valence-corrected chi connectivity index (χ0v) is 10.8. The molecule has 1 aromatic rings. The zero-order chi connectivity index (χ0) is 13.0. The highest BCUT2D eigenvalue weighted by molar-refractivity contribution is 5.49. The third-order valence-electron chi connectivity index (χ3n) is 4.16. The van der Waals surface area contributed by atoms with Crippen molar-refractivity contribution in [1.82, 2.24) is 0 Å². The standard InChI is InChI=1S/C16H20F2/c1-2-12-3-5-13(6-4-12)15-8-7-14(9-10-17)16(18)11-15/h7-13H,2-6H2,1H3. The lowest BCUT2D eigenvalue weighted by Crippen LogP contribution is -2.12. The zero-order valence-electron chi connectivity index (χ0n) is 10.8. The summed E-state index contributed by atoms with van der Waals surface area (Å²) in [4.78, 5) is 0. The monoisotopic (exact) mass is 250 g/mol. The number of hydrogen-bond acceptors (Lipinski definition) is 0. The summed E-state index contributed by atoms with van der Waals surface area (Å²) in [6, 6.07) is 5.19. The second-order valence-corrected chi connectivity index (χ2v) is 5.20. The predicted molar refractivity (Wildman–Crippen MR) is 71.5 cm³/mol. The largest absolute Gasteiger partial charge is 0.216 e. The Balaban J connectivity index is 2.08. The molecular weight excluding hydrogens is 230 g/mol. The number of rotatable bonds is 3. The van der Waals surface area contributed by atoms with Crippen LogP contribution in [0.25, 0.3) is 6.08 Å². The molecule has 98 valence electrons. The molecular formula is C16H20F2. The molecule has 0 nitrogen and oxygen atoms in total. The molecule has 1 aliphatic rings. The van der Waals surface area contributed by atoms with Gasteiger partial charge in [0.05, 0.1) is 6.33 Å². The fourth-order valence-electron chi connectivity index (χ4n) is 2.90. The van der Waals surface area contributed by atoms with Crippen LogP contribution in [-0.4, -0.2) is 0 Å². The minimum atomic E-state index is -0.320. The fraction of sp³-hybridized carbons (Fsp3) is 0.500. The molecule has 0 unspecified atom stereocenters. The highest BCUT2D eigenvalue weighted by Crippen LogP contribution is 2.37. The normalized spacial score (nSPS) is 24.6. The van der Waals surface area contributed by atoms with E-state index in [-0.39, 0.29) is 5.82 Å². The van der Waals surface area contributed by atoms with Gasteiger partial charge in [-0.2, -0.15) is 0 Å². The molecule has 1 aliphatic carbocycles. The maximum atomic E-state index is 13.7. The van der Waals surface area contributed by atoms with Gasteiger partial charge in [-0.25, -0.2) is 8.78 Å². The fourth-order valence-corrected chi connectivity index (χ4v) is 2.90. The summed E-state index contributed by atoms with van der Waals surface area (Å²) in [6.07, 6.45) is 7.58. The van der Waals surface area contributed by atoms with E-state index >= 15 is 0 Å². The lowest BCUT2D eigenvalue weighted by atomic mass is 9.78. The molecule has 0 bridgehead atoms. The SMILES string of the molecule is CCC1CCC(c2ccc(C=CF)c(F)c2)CC1. The van der Waals surface area contributed by atoms with Crippen LogP contribution in [0.1, 0.15) is 56.1 Å². The number of benzene rings is 1. The lowest BCUT2D eigenvalue weighted by molar-refractivity contribution is 0.318. The molecule has 1 fully saturated rings. The summed E-state index contributed by atoms with van der Waals surface area (Å²) in [5.74, 6) is 1.00. The average Bonchev–Trinajstić information content (AvgIpc) is 2.41. The predicted octanol–water partition coefficient (Wildman–Crippen LogP) is 5.45. The second-order valence-electron chi connectivity index (χ2n) is 5.20. The average molecular weight is 250 g/mol. The van der Waals surface area contributed by atoms with E-state index in [1.54, 1.807) is 12.1 Å². The van der Waals surface area contributed by atoms with Crippen LogP contribution >= 0.6 is 0 Å². The van der Waals surface area contributed by atoms with E-state index in [0.29, 0.717) is 17.8 Å². The topological polar surface area (TPSA) is 0 Å². The Labute approximate surface area is 108 Å². The Kier molecular flexibility index (Phi) is 4.51. The Bertz CT molecular complexity index is 415. The lowest BCUT2D eigenvalue weighted by Gasteiger charge is -2.28. The van der Waals surface area contributed by atoms with E-state index in [9.17, 15) is 8.78 Å². The van der Waals surface area contributed by atoms with Gasteiger partial charge in [0.25, 0.3) is 0 Å². The molecule has 0 heterocycles. The van der Waals surface area contributed by atoms with Crippen molar-refractivity contribution in [1.29, 1.82) is 0 Å². The van der Waals surface area contributed by atoms with Crippen molar-refractivity contribution in [2.24, 2.45) is 5.92 Å². The first-order valence-corrected chi connectivity index (χ1v) is 6.80. The Hall–Kier alpha value is -1.18. The first-order chi connectivity index (χ1) is 8.74. The van der Waals surface area contributed by atoms with Crippen molar-refractivity contribution < 1.29 is 8.78 Å². The Morgan fingerprint density at radius 2 is 1.94 bits per heavy atom. The molecule has 0 spiro atoms. The summed E-state index contributed by atoms with van der Waals surface area (Å²) in [5, 5.41) is 0. The van der Waals surface area contributed by atoms with E-state index in [1.165, 1.54) is 19.3 Å². The second kappa shape index (κ2) is 6.12. The third-order valence-corrected chi connectivity index (χ3v) is 4.16. The molecule has 0 atom stereocenters. The van der Waals surface area contributed by atoms with Gasteiger partial charge in [0, 0.05) is 5.56 Å². The molecule has 2 rings (SSSR count). The van der Waals surface area contributed by atoms with Crippen LogP contribution in [0.4, 0.5) is 8.78 Å². The Morgan fingerprint density at radius 1 is 1.22 bits per heavy atom. The van der Waals surface area contributed by atoms with Crippen LogP contribution < -0.4 is 0 Å². The molecule has 2 heteroatoms. The van der Waals surface area contributed by atoms with Crippen molar-refractivity contribution in [3.05, 3.63) is 41.5 Å². The van der Waals surface area contributed by atoms with Crippen molar-refractivity contribution >= 4 is 6.08 Å². The van der Waals surface area contributed by atoms with Gasteiger partial charge in [-0.3, -0.25) is 0 Å². The van der Waals surface area contributed by atoms with Crippen molar-refractivity contribution in [2.75, 3.05) is 0 Å². The maximum absolute atomic E-state index is 13.7. The van der Waals surface area contributed by atoms with E-state index in [1.807, 2.05) is 6.07 Å². The third kappa shape index (κ3) is 2.98. The van der Waals surface area contributed by atoms with Gasteiger partial charge in [0.15, 0.2) is 0 Å². The summed E-state index contributed by atoms with van der Waals surface area (Å²) >= 11 is 0. The number of hydrogen-bond donors (Lipinski definition) is 0. The van der Waals surface area contributed by atoms with Gasteiger partial charge >= 0.3 is 0 Å². The molecule has 1 saturated carbocycles. The molecule has 1 aromatic carbocycles. The van der Waals surface area contributed by atoms with E-state index in [4.69, 9.17) is 0 Å². The molecule has 0 amide bonds. The quantitative estimate of drug-likeness (QED) is 0.669. The van der Waals surface area contributed by atoms with Crippen molar-refractivity contribution in [3.63, 3.8) is 0 Å². The Morgan fingerprint density at radius 3 is 2.50 bits per heavy atom. The summed E-state index contributed by atoms with van der Waals surface area (Å²) in [7, 11) is 0. The summed E-state index contributed by atoms with van der Waals surface area (Å²) in [5.41, 5.74) is 1.39. The van der Waals surface area contributed by atoms with Crippen molar-refractivity contribution in [3.8, 4) is 0 Å². The molecule has 0 saturated heterocycles.